The highest BCUT2D eigenvalue weighted by Gasteiger charge is 2.39. The molecule has 0 radical (unpaired) electrons. The monoisotopic (exact) mass is 452 g/mol. The molecular weight excluding hydrogens is 430 g/mol. The zero-order valence-electron chi connectivity index (χ0n) is 17.5. The maximum absolute atomic E-state index is 14.8. The van der Waals surface area contributed by atoms with Gasteiger partial charge in [0.25, 0.3) is 0 Å². The molecule has 0 aliphatic heterocycles. The van der Waals surface area contributed by atoms with Crippen LogP contribution in [0.3, 0.4) is 0 Å². The van der Waals surface area contributed by atoms with E-state index in [1.165, 1.54) is 23.4 Å². The van der Waals surface area contributed by atoms with E-state index in [4.69, 9.17) is 0 Å². The second-order valence-corrected chi connectivity index (χ2v) is 7.81. The Morgan fingerprint density at radius 2 is 1.97 bits per heavy atom. The fourth-order valence-electron chi connectivity index (χ4n) is 4.04. The molecule has 3 N–H and O–H groups in total. The maximum atomic E-state index is 14.8. The van der Waals surface area contributed by atoms with Gasteiger partial charge in [0.05, 0.1) is 19.1 Å². The first-order valence-electron chi connectivity index (χ1n) is 10.3. The summed E-state index contributed by atoms with van der Waals surface area (Å²) >= 11 is 0. The van der Waals surface area contributed by atoms with Crippen molar-refractivity contribution in [3.8, 4) is 0 Å². The number of carbonyl (C=O) groups excluding carboxylic acids is 1. The van der Waals surface area contributed by atoms with Gasteiger partial charge in [-0.1, -0.05) is 30.3 Å². The number of hydrogen-bond donors (Lipinski definition) is 3. The zero-order chi connectivity index (χ0) is 23.4. The Kier molecular flexibility index (Phi) is 6.43. The molecule has 2 heterocycles. The van der Waals surface area contributed by atoms with Crippen molar-refractivity contribution in [1.29, 1.82) is 0 Å². The number of H-pyrrole nitrogens is 1. The van der Waals surface area contributed by atoms with Crippen molar-refractivity contribution >= 4 is 5.78 Å². The quantitative estimate of drug-likeness (QED) is 0.338. The number of aliphatic hydroxyl groups excluding tert-OH is 1. The van der Waals surface area contributed by atoms with E-state index in [1.807, 2.05) is 0 Å². The molecule has 4 rings (SSSR count). The topological polar surface area (TPSA) is 104 Å². The number of rotatable bonds is 9. The van der Waals surface area contributed by atoms with E-state index >= 15 is 0 Å². The molecule has 0 bridgehead atoms. The molecule has 0 amide bonds. The maximum Gasteiger partial charge on any atom is 0.172 e. The Hall–Kier alpha value is -3.69. The number of ketones is 1. The number of benzene rings is 2. The Bertz CT molecular complexity index is 1230. The summed E-state index contributed by atoms with van der Waals surface area (Å²) in [5, 5.41) is 25.5. The Morgan fingerprint density at radius 1 is 1.15 bits per heavy atom. The molecule has 9 heteroatoms. The van der Waals surface area contributed by atoms with Crippen molar-refractivity contribution in [3.05, 3.63) is 107 Å². The molecule has 7 nitrogen and oxygen atoms in total. The van der Waals surface area contributed by atoms with E-state index in [2.05, 4.69) is 15.1 Å². The zero-order valence-corrected chi connectivity index (χ0v) is 17.5. The number of hydrogen-bond acceptors (Lipinski definition) is 5. The van der Waals surface area contributed by atoms with Gasteiger partial charge in [-0.2, -0.15) is 5.10 Å². The lowest BCUT2D eigenvalue weighted by atomic mass is 9.79. The fraction of sp³-hybridized carbons (Fsp3) is 0.208. The molecule has 170 valence electrons. The van der Waals surface area contributed by atoms with Gasteiger partial charge >= 0.3 is 0 Å². The molecule has 0 aliphatic carbocycles. The number of aromatic amines is 1. The van der Waals surface area contributed by atoms with Gasteiger partial charge in [-0.15, -0.1) is 0 Å². The second-order valence-electron chi connectivity index (χ2n) is 7.81. The number of aromatic nitrogens is 4. The van der Waals surface area contributed by atoms with Crippen LogP contribution < -0.4 is 0 Å². The minimum Gasteiger partial charge on any atom is -0.392 e. The standard InChI is InChI=1S/C24H22F2N4O3/c25-17-7-8-20(21(26)10-17)24(33,13-30-15-27-14-29-30)11-19(22-6-3-9-28-22)23(32)18-5-2-1-4-16(18)12-31/h1-10,14-15,19,28,31,33H,11-13H2. The summed E-state index contributed by atoms with van der Waals surface area (Å²) in [6, 6.07) is 12.9. The molecule has 2 aromatic heterocycles. The van der Waals surface area contributed by atoms with Gasteiger partial charge in [-0.3, -0.25) is 4.79 Å². The van der Waals surface area contributed by atoms with Crippen LogP contribution in [0.1, 0.15) is 39.5 Å². The van der Waals surface area contributed by atoms with E-state index < -0.39 is 23.2 Å². The third kappa shape index (κ3) is 4.74. The Morgan fingerprint density at radius 3 is 2.64 bits per heavy atom. The molecule has 2 atom stereocenters. The average molecular weight is 452 g/mol. The highest BCUT2D eigenvalue weighted by atomic mass is 19.1. The van der Waals surface area contributed by atoms with Crippen LogP contribution in [0.25, 0.3) is 0 Å². The summed E-state index contributed by atoms with van der Waals surface area (Å²) in [7, 11) is 0. The van der Waals surface area contributed by atoms with Crippen molar-refractivity contribution in [3.63, 3.8) is 0 Å². The summed E-state index contributed by atoms with van der Waals surface area (Å²) in [5.41, 5.74) is -0.869. The van der Waals surface area contributed by atoms with Gasteiger partial charge in [0.2, 0.25) is 0 Å². The molecule has 0 saturated heterocycles. The lowest BCUT2D eigenvalue weighted by Gasteiger charge is -2.32. The molecule has 2 aromatic carbocycles. The number of Topliss-reactive ketones (excluding diaryl/α,β-unsaturated/α-hetero) is 1. The van der Waals surface area contributed by atoms with E-state index in [-0.39, 0.29) is 30.9 Å². The minimum absolute atomic E-state index is 0.167. The van der Waals surface area contributed by atoms with Crippen molar-refractivity contribution in [2.45, 2.75) is 31.1 Å². The highest BCUT2D eigenvalue weighted by Crippen LogP contribution is 2.38. The van der Waals surface area contributed by atoms with Crippen LogP contribution in [0.2, 0.25) is 0 Å². The van der Waals surface area contributed by atoms with E-state index in [0.29, 0.717) is 22.9 Å². The summed E-state index contributed by atoms with van der Waals surface area (Å²) < 4.78 is 29.8. The number of carbonyl (C=O) groups is 1. The lowest BCUT2D eigenvalue weighted by molar-refractivity contribution is -0.00309. The smallest absolute Gasteiger partial charge is 0.172 e. The first-order chi connectivity index (χ1) is 15.9. The average Bonchev–Trinajstić information content (AvgIpc) is 3.51. The third-order valence-corrected chi connectivity index (χ3v) is 5.63. The van der Waals surface area contributed by atoms with Crippen LogP contribution in [0.5, 0.6) is 0 Å². The van der Waals surface area contributed by atoms with Crippen molar-refractivity contribution in [2.75, 3.05) is 0 Å². The SMILES string of the molecule is O=C(c1ccccc1CO)C(CC(O)(Cn1cncn1)c1ccc(F)cc1F)c1ccc[nH]1. The van der Waals surface area contributed by atoms with Crippen molar-refractivity contribution < 1.29 is 23.8 Å². The Balaban J connectivity index is 1.80. The summed E-state index contributed by atoms with van der Waals surface area (Å²) in [4.78, 5) is 20.5. The lowest BCUT2D eigenvalue weighted by Crippen LogP contribution is -2.36. The van der Waals surface area contributed by atoms with Crippen LogP contribution in [-0.2, 0) is 18.8 Å². The third-order valence-electron chi connectivity index (χ3n) is 5.63. The van der Waals surface area contributed by atoms with Crippen LogP contribution in [0.15, 0.2) is 73.4 Å². The van der Waals surface area contributed by atoms with Gasteiger partial charge in [0.15, 0.2) is 5.78 Å². The normalized spacial score (nSPS) is 14.1. The predicted octanol–water partition coefficient (Wildman–Crippen LogP) is 3.32. The summed E-state index contributed by atoms with van der Waals surface area (Å²) in [5.74, 6) is -3.01. The molecule has 2 unspecified atom stereocenters. The van der Waals surface area contributed by atoms with E-state index in [9.17, 15) is 23.8 Å². The fourth-order valence-corrected chi connectivity index (χ4v) is 4.04. The Labute approximate surface area is 188 Å². The number of nitrogens with zero attached hydrogens (tertiary/aromatic N) is 3. The highest BCUT2D eigenvalue weighted by molar-refractivity contribution is 6.02. The van der Waals surface area contributed by atoms with Crippen molar-refractivity contribution in [1.82, 2.24) is 19.7 Å². The van der Waals surface area contributed by atoms with Crippen LogP contribution in [0, 0.1) is 11.6 Å². The number of nitrogens with one attached hydrogen (secondary N) is 1. The van der Waals surface area contributed by atoms with Gasteiger partial charge in [-0.25, -0.2) is 18.4 Å². The van der Waals surface area contributed by atoms with Gasteiger partial charge in [0, 0.05) is 29.1 Å². The first kappa shape index (κ1) is 22.5. The van der Waals surface area contributed by atoms with Crippen LogP contribution in [-0.4, -0.2) is 35.7 Å². The minimum atomic E-state index is -1.94. The van der Waals surface area contributed by atoms with Gasteiger partial charge < -0.3 is 15.2 Å². The predicted molar refractivity (Wildman–Crippen MR) is 115 cm³/mol. The molecule has 33 heavy (non-hydrogen) atoms. The molecule has 4 aromatic rings. The van der Waals surface area contributed by atoms with Crippen molar-refractivity contribution in [2.24, 2.45) is 0 Å². The second kappa shape index (κ2) is 9.43. The van der Waals surface area contributed by atoms with Gasteiger partial charge in [0.1, 0.15) is 29.9 Å². The summed E-state index contributed by atoms with van der Waals surface area (Å²) in [6.07, 6.45) is 4.03. The van der Waals surface area contributed by atoms with E-state index in [0.717, 1.165) is 6.07 Å². The molecule has 0 fully saturated rings. The molecule has 0 spiro atoms. The largest absolute Gasteiger partial charge is 0.392 e. The first-order valence-corrected chi connectivity index (χ1v) is 10.3. The summed E-state index contributed by atoms with van der Waals surface area (Å²) in [6.45, 7) is -0.559. The van der Waals surface area contributed by atoms with Crippen LogP contribution in [0.4, 0.5) is 8.78 Å². The molecule has 0 aliphatic rings. The van der Waals surface area contributed by atoms with Gasteiger partial charge in [-0.05, 0) is 30.2 Å². The molecular formula is C24H22F2N4O3. The van der Waals surface area contributed by atoms with Crippen LogP contribution >= 0.6 is 0 Å². The number of aliphatic hydroxyl groups is 2. The molecule has 0 saturated carbocycles. The number of halogens is 2. The van der Waals surface area contributed by atoms with E-state index in [1.54, 1.807) is 42.6 Å².